The lowest BCUT2D eigenvalue weighted by Gasteiger charge is -2.33. The summed E-state index contributed by atoms with van der Waals surface area (Å²) in [7, 11) is 0. The first-order valence-electron chi connectivity index (χ1n) is 6.77. The highest BCUT2D eigenvalue weighted by atomic mass is 16.4. The quantitative estimate of drug-likeness (QED) is 0.879. The van der Waals surface area contributed by atoms with Gasteiger partial charge in [0.05, 0.1) is 0 Å². The van der Waals surface area contributed by atoms with Crippen molar-refractivity contribution in [3.63, 3.8) is 0 Å². The SMILES string of the molecule is O=C(O)[C@H]1CCCCN1C(=O)CCn1ccccc1=O. The van der Waals surface area contributed by atoms with Crippen molar-refractivity contribution in [2.75, 3.05) is 6.54 Å². The summed E-state index contributed by atoms with van der Waals surface area (Å²) in [6.45, 7) is 0.765. The molecule has 1 fully saturated rings. The molecule has 2 rings (SSSR count). The zero-order chi connectivity index (χ0) is 14.5. The van der Waals surface area contributed by atoms with E-state index in [2.05, 4.69) is 0 Å². The van der Waals surface area contributed by atoms with Crippen LogP contribution in [-0.2, 0) is 16.1 Å². The Kier molecular flexibility index (Phi) is 4.55. The molecule has 108 valence electrons. The average Bonchev–Trinajstić information content (AvgIpc) is 2.46. The number of amides is 1. The maximum Gasteiger partial charge on any atom is 0.326 e. The van der Waals surface area contributed by atoms with Gasteiger partial charge in [0.15, 0.2) is 0 Å². The summed E-state index contributed by atoms with van der Waals surface area (Å²) in [5.74, 6) is -1.15. The molecule has 0 unspecified atom stereocenters. The highest BCUT2D eigenvalue weighted by Gasteiger charge is 2.31. The molecule has 0 saturated carbocycles. The third-order valence-corrected chi connectivity index (χ3v) is 3.57. The second kappa shape index (κ2) is 6.36. The van der Waals surface area contributed by atoms with Crippen LogP contribution in [0.3, 0.4) is 0 Å². The fraction of sp³-hybridized carbons (Fsp3) is 0.500. The molecular weight excluding hydrogens is 260 g/mol. The van der Waals surface area contributed by atoms with Gasteiger partial charge < -0.3 is 14.6 Å². The van der Waals surface area contributed by atoms with E-state index in [9.17, 15) is 14.4 Å². The van der Waals surface area contributed by atoms with E-state index < -0.39 is 12.0 Å². The Hall–Kier alpha value is -2.11. The number of nitrogens with zero attached hydrogens (tertiary/aromatic N) is 2. The van der Waals surface area contributed by atoms with Crippen molar-refractivity contribution in [2.24, 2.45) is 0 Å². The molecule has 0 aliphatic carbocycles. The second-order valence-electron chi connectivity index (χ2n) is 4.92. The maximum absolute atomic E-state index is 12.1. The number of aryl methyl sites for hydroxylation is 1. The maximum atomic E-state index is 12.1. The Morgan fingerprint density at radius 1 is 1.30 bits per heavy atom. The van der Waals surface area contributed by atoms with Crippen molar-refractivity contribution < 1.29 is 14.7 Å². The number of carboxylic acids is 1. The van der Waals surface area contributed by atoms with Gasteiger partial charge in [0.2, 0.25) is 5.91 Å². The van der Waals surface area contributed by atoms with Crippen LogP contribution in [0.1, 0.15) is 25.7 Å². The third-order valence-electron chi connectivity index (χ3n) is 3.57. The van der Waals surface area contributed by atoms with E-state index in [0.29, 0.717) is 13.0 Å². The van der Waals surface area contributed by atoms with Gasteiger partial charge in [-0.25, -0.2) is 4.79 Å². The highest BCUT2D eigenvalue weighted by molar-refractivity contribution is 5.83. The molecule has 1 aliphatic heterocycles. The van der Waals surface area contributed by atoms with E-state index in [1.165, 1.54) is 15.5 Å². The molecule has 1 amide bonds. The molecule has 0 bridgehead atoms. The summed E-state index contributed by atoms with van der Waals surface area (Å²) in [4.78, 5) is 36.2. The Balaban J connectivity index is 1.99. The van der Waals surface area contributed by atoms with E-state index >= 15 is 0 Å². The van der Waals surface area contributed by atoms with Crippen LogP contribution in [-0.4, -0.2) is 39.0 Å². The number of hydrogen-bond donors (Lipinski definition) is 1. The number of pyridine rings is 1. The largest absolute Gasteiger partial charge is 0.480 e. The van der Waals surface area contributed by atoms with Crippen molar-refractivity contribution in [2.45, 2.75) is 38.3 Å². The molecule has 6 heteroatoms. The normalized spacial score (nSPS) is 18.8. The van der Waals surface area contributed by atoms with Crippen LogP contribution in [0.5, 0.6) is 0 Å². The topological polar surface area (TPSA) is 79.6 Å². The number of carboxylic acid groups (broad SMARTS) is 1. The van der Waals surface area contributed by atoms with Crippen molar-refractivity contribution in [3.05, 3.63) is 34.7 Å². The summed E-state index contributed by atoms with van der Waals surface area (Å²) < 4.78 is 1.46. The van der Waals surface area contributed by atoms with E-state index in [4.69, 9.17) is 5.11 Å². The number of rotatable bonds is 4. The lowest BCUT2D eigenvalue weighted by Crippen LogP contribution is -2.48. The minimum absolute atomic E-state index is 0.147. The van der Waals surface area contributed by atoms with E-state index in [1.54, 1.807) is 18.3 Å². The van der Waals surface area contributed by atoms with Crippen molar-refractivity contribution in [3.8, 4) is 0 Å². The fourth-order valence-corrected chi connectivity index (χ4v) is 2.49. The van der Waals surface area contributed by atoms with Gasteiger partial charge in [0.1, 0.15) is 6.04 Å². The molecule has 6 nitrogen and oxygen atoms in total. The lowest BCUT2D eigenvalue weighted by molar-refractivity contribution is -0.152. The molecule has 1 atom stereocenters. The zero-order valence-corrected chi connectivity index (χ0v) is 11.2. The van der Waals surface area contributed by atoms with E-state index in [1.807, 2.05) is 0 Å². The van der Waals surface area contributed by atoms with Gasteiger partial charge in [-0.3, -0.25) is 9.59 Å². The van der Waals surface area contributed by atoms with Crippen molar-refractivity contribution in [1.82, 2.24) is 9.47 Å². The van der Waals surface area contributed by atoms with Crippen LogP contribution in [0.4, 0.5) is 0 Å². The molecule has 0 aromatic carbocycles. The van der Waals surface area contributed by atoms with Crippen LogP contribution in [0.25, 0.3) is 0 Å². The summed E-state index contributed by atoms with van der Waals surface area (Å²) in [5.41, 5.74) is -0.159. The molecule has 0 radical (unpaired) electrons. The second-order valence-corrected chi connectivity index (χ2v) is 4.92. The predicted octanol–water partition coefficient (Wildman–Crippen LogP) is 0.704. The van der Waals surface area contributed by atoms with Crippen molar-refractivity contribution >= 4 is 11.9 Å². The standard InChI is InChI=1S/C14H18N2O4/c17-12-6-2-3-8-15(12)10-7-13(18)16-9-4-1-5-11(16)14(19)20/h2-3,6,8,11H,1,4-5,7,9-10H2,(H,19,20)/t11-/m1/s1. The van der Waals surface area contributed by atoms with Gasteiger partial charge >= 0.3 is 5.97 Å². The Morgan fingerprint density at radius 2 is 2.10 bits per heavy atom. The van der Waals surface area contributed by atoms with Crippen LogP contribution in [0.2, 0.25) is 0 Å². The van der Waals surface area contributed by atoms with E-state index in [0.717, 1.165) is 12.8 Å². The number of likely N-dealkylation sites (tertiary alicyclic amines) is 1. The molecular formula is C14H18N2O4. The number of aliphatic carboxylic acids is 1. The number of aromatic nitrogens is 1. The number of piperidine rings is 1. The Labute approximate surface area is 116 Å². The predicted molar refractivity (Wildman–Crippen MR) is 72.3 cm³/mol. The third kappa shape index (κ3) is 3.26. The number of carbonyl (C=O) groups is 2. The van der Waals surface area contributed by atoms with Gasteiger partial charge in [-0.1, -0.05) is 6.07 Å². The summed E-state index contributed by atoms with van der Waals surface area (Å²) >= 11 is 0. The molecule has 0 spiro atoms. The van der Waals surface area contributed by atoms with Gasteiger partial charge in [-0.2, -0.15) is 0 Å². The Bertz CT molecular complexity index is 552. The number of hydrogen-bond acceptors (Lipinski definition) is 3. The van der Waals surface area contributed by atoms with Crippen molar-refractivity contribution in [1.29, 1.82) is 0 Å². The van der Waals surface area contributed by atoms with Gasteiger partial charge in [0.25, 0.3) is 5.56 Å². The summed E-state index contributed by atoms with van der Waals surface area (Å²) in [5, 5.41) is 9.14. The monoisotopic (exact) mass is 278 g/mol. The van der Waals surface area contributed by atoms with Crippen LogP contribution < -0.4 is 5.56 Å². The fourth-order valence-electron chi connectivity index (χ4n) is 2.49. The summed E-state index contributed by atoms with van der Waals surface area (Å²) in [6.07, 6.45) is 3.94. The minimum atomic E-state index is -0.949. The number of carbonyl (C=O) groups excluding carboxylic acids is 1. The zero-order valence-electron chi connectivity index (χ0n) is 11.2. The molecule has 1 aromatic heterocycles. The lowest BCUT2D eigenvalue weighted by atomic mass is 10.0. The molecule has 1 N–H and O–H groups in total. The van der Waals surface area contributed by atoms with Crippen LogP contribution in [0.15, 0.2) is 29.2 Å². The van der Waals surface area contributed by atoms with Gasteiger partial charge in [-0.15, -0.1) is 0 Å². The first-order valence-corrected chi connectivity index (χ1v) is 6.77. The van der Waals surface area contributed by atoms with Gasteiger partial charge in [-0.05, 0) is 25.3 Å². The summed E-state index contributed by atoms with van der Waals surface area (Å²) in [6, 6.07) is 4.09. The first-order chi connectivity index (χ1) is 9.59. The van der Waals surface area contributed by atoms with Crippen LogP contribution >= 0.6 is 0 Å². The minimum Gasteiger partial charge on any atom is -0.480 e. The molecule has 1 saturated heterocycles. The average molecular weight is 278 g/mol. The molecule has 20 heavy (non-hydrogen) atoms. The van der Waals surface area contributed by atoms with Gasteiger partial charge in [0, 0.05) is 31.8 Å². The highest BCUT2D eigenvalue weighted by Crippen LogP contribution is 2.18. The first kappa shape index (κ1) is 14.3. The molecule has 1 aliphatic rings. The molecule has 2 heterocycles. The van der Waals surface area contributed by atoms with E-state index in [-0.39, 0.29) is 24.4 Å². The van der Waals surface area contributed by atoms with Crippen LogP contribution in [0, 0.1) is 0 Å². The smallest absolute Gasteiger partial charge is 0.326 e. The Morgan fingerprint density at radius 3 is 2.80 bits per heavy atom. The molecule has 1 aromatic rings.